The minimum Gasteiger partial charge on any atom is -0.382 e. The largest absolute Gasteiger partial charge is 0.382 e. The van der Waals surface area contributed by atoms with Crippen LogP contribution in [0, 0.1) is 10.1 Å². The van der Waals surface area contributed by atoms with Crippen molar-refractivity contribution in [3.05, 3.63) is 52.5 Å². The lowest BCUT2D eigenvalue weighted by Crippen LogP contribution is -2.25. The van der Waals surface area contributed by atoms with Crippen molar-refractivity contribution in [1.29, 1.82) is 0 Å². The Balaban J connectivity index is 1.66. The number of ether oxygens (including phenoxy) is 1. The van der Waals surface area contributed by atoms with E-state index in [4.69, 9.17) is 10.5 Å². The molecule has 0 unspecified atom stereocenters. The third-order valence-corrected chi connectivity index (χ3v) is 6.55. The van der Waals surface area contributed by atoms with Crippen LogP contribution >= 0.6 is 0 Å². The monoisotopic (exact) mass is 425 g/mol. The number of rotatable bonds is 7. The Kier molecular flexibility index (Phi) is 4.99. The quantitative estimate of drug-likeness (QED) is 0.266. The molecule has 1 aromatic carbocycles. The van der Waals surface area contributed by atoms with Gasteiger partial charge in [0.2, 0.25) is 0 Å². The second-order valence-electron chi connectivity index (χ2n) is 8.33. The number of nitrogens with two attached hydrogens (primary N) is 1. The maximum Gasteiger partial charge on any atom is 0.269 e. The van der Waals surface area contributed by atoms with Crippen LogP contribution in [-0.2, 0) is 11.5 Å². The highest BCUT2D eigenvalue weighted by Crippen LogP contribution is 2.36. The number of amidine groups is 1. The molecule has 30 heavy (non-hydrogen) atoms. The topological polar surface area (TPSA) is 125 Å². The van der Waals surface area contributed by atoms with Gasteiger partial charge in [0.05, 0.1) is 16.0 Å². The van der Waals surface area contributed by atoms with E-state index in [0.717, 1.165) is 17.0 Å². The average molecular weight is 426 g/mol. The van der Waals surface area contributed by atoms with E-state index in [-0.39, 0.29) is 5.69 Å². The summed E-state index contributed by atoms with van der Waals surface area (Å²) >= 11 is 0. The molecule has 1 aliphatic rings. The summed E-state index contributed by atoms with van der Waals surface area (Å²) in [6.45, 7) is 7.99. The summed E-state index contributed by atoms with van der Waals surface area (Å²) in [4.78, 5) is 19.3. The van der Waals surface area contributed by atoms with E-state index >= 15 is 0 Å². The van der Waals surface area contributed by atoms with Gasteiger partial charge in [-0.1, -0.05) is 19.6 Å². The smallest absolute Gasteiger partial charge is 0.269 e. The zero-order chi connectivity index (χ0) is 21.5. The van der Waals surface area contributed by atoms with Crippen LogP contribution in [0.4, 0.5) is 17.2 Å². The highest BCUT2D eigenvalue weighted by Gasteiger charge is 2.27. The number of hydrogen-bond donors (Lipinski definition) is 1. The Morgan fingerprint density at radius 1 is 1.20 bits per heavy atom. The number of nitrogens with zero attached hydrogens (tertiary/aromatic N) is 6. The molecular formula is C19H23N7O3Si. The number of nitro groups is 1. The summed E-state index contributed by atoms with van der Waals surface area (Å²) in [5.74, 6) is 0.889. The van der Waals surface area contributed by atoms with Gasteiger partial charge < -0.3 is 15.0 Å². The van der Waals surface area contributed by atoms with E-state index in [0.29, 0.717) is 36.3 Å². The molecule has 0 saturated heterocycles. The Hall–Kier alpha value is -3.31. The highest BCUT2D eigenvalue weighted by atomic mass is 28.3. The third-order valence-electron chi connectivity index (χ3n) is 4.85. The number of aromatic nitrogens is 3. The lowest BCUT2D eigenvalue weighted by Gasteiger charge is -2.23. The van der Waals surface area contributed by atoms with Crippen LogP contribution < -0.4 is 10.7 Å². The van der Waals surface area contributed by atoms with Crippen LogP contribution in [0.15, 0.2) is 41.9 Å². The van der Waals surface area contributed by atoms with Crippen molar-refractivity contribution >= 4 is 42.1 Å². The van der Waals surface area contributed by atoms with Crippen molar-refractivity contribution in [2.75, 3.05) is 11.6 Å². The average Bonchev–Trinajstić information content (AvgIpc) is 3.08. The van der Waals surface area contributed by atoms with E-state index in [1.165, 1.54) is 18.5 Å². The predicted octanol–water partition coefficient (Wildman–Crippen LogP) is 3.42. The molecule has 0 saturated carbocycles. The van der Waals surface area contributed by atoms with Gasteiger partial charge in [-0.3, -0.25) is 10.1 Å². The molecular weight excluding hydrogens is 402 g/mol. The first-order valence-corrected chi connectivity index (χ1v) is 13.3. The van der Waals surface area contributed by atoms with Crippen LogP contribution in [0.3, 0.4) is 0 Å². The summed E-state index contributed by atoms with van der Waals surface area (Å²) in [6, 6.07) is 7.16. The number of anilines is 2. The predicted molar refractivity (Wildman–Crippen MR) is 118 cm³/mol. The molecule has 3 aromatic rings. The van der Waals surface area contributed by atoms with Gasteiger partial charge >= 0.3 is 0 Å². The molecule has 0 fully saturated rings. The van der Waals surface area contributed by atoms with Crippen LogP contribution in [0.25, 0.3) is 11.0 Å². The minimum absolute atomic E-state index is 0.00264. The van der Waals surface area contributed by atoms with E-state index in [1.807, 2.05) is 10.8 Å². The van der Waals surface area contributed by atoms with Gasteiger partial charge in [-0.15, -0.1) is 5.10 Å². The second-order valence-corrected chi connectivity index (χ2v) is 13.9. The molecule has 4 rings (SSSR count). The SMILES string of the molecule is C[Si](C)(C)CCOCn1cc2c3c(ncnc31)N(c1ccc([N+](=O)[O-])cc1)N=C2N. The van der Waals surface area contributed by atoms with Crippen molar-refractivity contribution in [3.8, 4) is 0 Å². The van der Waals surface area contributed by atoms with Gasteiger partial charge in [0, 0.05) is 38.6 Å². The first-order chi connectivity index (χ1) is 14.2. The molecule has 0 atom stereocenters. The van der Waals surface area contributed by atoms with Crippen molar-refractivity contribution < 1.29 is 9.66 Å². The first-order valence-electron chi connectivity index (χ1n) is 9.55. The molecule has 156 valence electrons. The summed E-state index contributed by atoms with van der Waals surface area (Å²) in [5.41, 5.74) is 8.30. The zero-order valence-corrected chi connectivity index (χ0v) is 18.1. The summed E-state index contributed by atoms with van der Waals surface area (Å²) in [7, 11) is -1.17. The Bertz CT molecular complexity index is 1140. The Morgan fingerprint density at radius 3 is 2.60 bits per heavy atom. The van der Waals surface area contributed by atoms with E-state index in [2.05, 4.69) is 34.7 Å². The summed E-state index contributed by atoms with van der Waals surface area (Å²) in [6.07, 6.45) is 3.35. The normalized spacial score (nSPS) is 13.6. The fourth-order valence-corrected chi connectivity index (χ4v) is 3.96. The van der Waals surface area contributed by atoms with Crippen LogP contribution in [-0.4, -0.2) is 40.0 Å². The molecule has 3 heterocycles. The molecule has 11 heteroatoms. The molecule has 2 aromatic heterocycles. The number of hydrogen-bond acceptors (Lipinski definition) is 8. The van der Waals surface area contributed by atoms with Crippen molar-refractivity contribution in [1.82, 2.24) is 14.5 Å². The summed E-state index contributed by atoms with van der Waals surface area (Å²) in [5, 5.41) is 17.7. The standard InChI is InChI=1S/C19H23N7O3Si/c1-30(2,3)9-8-29-12-24-10-15-16-18(24)21-11-22-19(16)25(23-17(15)20)13-4-6-14(7-5-13)26(27)28/h4-7,10-11H,8-9,12H2,1-3H3,(H2,20,23). The molecule has 1 aliphatic heterocycles. The molecule has 0 radical (unpaired) electrons. The van der Waals surface area contributed by atoms with Crippen LogP contribution in [0.2, 0.25) is 25.7 Å². The van der Waals surface area contributed by atoms with Gasteiger partial charge in [0.15, 0.2) is 11.7 Å². The highest BCUT2D eigenvalue weighted by molar-refractivity contribution is 6.76. The molecule has 2 N–H and O–H groups in total. The molecule has 0 aliphatic carbocycles. The molecule has 10 nitrogen and oxygen atoms in total. The molecule has 0 amide bonds. The van der Waals surface area contributed by atoms with Gasteiger partial charge in [0.25, 0.3) is 5.69 Å². The second kappa shape index (κ2) is 7.50. The first kappa shape index (κ1) is 20.0. The summed E-state index contributed by atoms with van der Waals surface area (Å²) < 4.78 is 7.79. The van der Waals surface area contributed by atoms with Gasteiger partial charge in [-0.2, -0.15) is 0 Å². The lowest BCUT2D eigenvalue weighted by molar-refractivity contribution is -0.384. The van der Waals surface area contributed by atoms with Gasteiger partial charge in [0.1, 0.15) is 18.7 Å². The number of hydrazone groups is 1. The lowest BCUT2D eigenvalue weighted by atomic mass is 10.2. The Labute approximate surface area is 174 Å². The van der Waals surface area contributed by atoms with E-state index < -0.39 is 13.0 Å². The zero-order valence-electron chi connectivity index (χ0n) is 17.1. The van der Waals surface area contributed by atoms with Crippen molar-refractivity contribution in [2.45, 2.75) is 32.4 Å². The number of benzene rings is 1. The van der Waals surface area contributed by atoms with Gasteiger partial charge in [-0.05, 0) is 18.2 Å². The maximum atomic E-state index is 10.9. The van der Waals surface area contributed by atoms with Gasteiger partial charge in [-0.25, -0.2) is 15.0 Å². The third kappa shape index (κ3) is 3.76. The fraction of sp³-hybridized carbons (Fsp3) is 0.316. The maximum absolute atomic E-state index is 10.9. The van der Waals surface area contributed by atoms with Crippen LogP contribution in [0.1, 0.15) is 5.56 Å². The molecule has 0 bridgehead atoms. The van der Waals surface area contributed by atoms with Crippen molar-refractivity contribution in [2.24, 2.45) is 10.8 Å². The van der Waals surface area contributed by atoms with Crippen molar-refractivity contribution in [3.63, 3.8) is 0 Å². The fourth-order valence-electron chi connectivity index (χ4n) is 3.21. The van der Waals surface area contributed by atoms with Crippen LogP contribution in [0.5, 0.6) is 0 Å². The van der Waals surface area contributed by atoms with E-state index in [9.17, 15) is 10.1 Å². The number of non-ortho nitro benzene ring substituents is 1. The minimum atomic E-state index is -1.17. The number of nitro benzene ring substituents is 1. The Morgan fingerprint density at radius 2 is 1.93 bits per heavy atom. The van der Waals surface area contributed by atoms with E-state index in [1.54, 1.807) is 17.1 Å². The molecule has 0 spiro atoms.